The zero-order valence-electron chi connectivity index (χ0n) is 16.4. The van der Waals surface area contributed by atoms with Crippen molar-refractivity contribution in [2.45, 2.75) is 38.5 Å². The van der Waals surface area contributed by atoms with Crippen molar-refractivity contribution in [3.63, 3.8) is 0 Å². The van der Waals surface area contributed by atoms with Crippen LogP contribution in [-0.2, 0) is 17.7 Å². The number of morpholine rings is 1. The van der Waals surface area contributed by atoms with Crippen molar-refractivity contribution in [3.8, 4) is 0 Å². The molecular formula is C20H23F3N4O2. The quantitative estimate of drug-likeness (QED) is 0.781. The van der Waals surface area contributed by atoms with Gasteiger partial charge in [-0.05, 0) is 25.5 Å². The number of nitrogens with zero attached hydrogens (tertiary/aromatic N) is 4. The molecule has 29 heavy (non-hydrogen) atoms. The molecule has 2 aliphatic rings. The maximum absolute atomic E-state index is 14.2. The predicted molar refractivity (Wildman–Crippen MR) is 104 cm³/mol. The van der Waals surface area contributed by atoms with E-state index in [0.29, 0.717) is 49.8 Å². The maximum atomic E-state index is 14.2. The molecule has 6 nitrogen and oxygen atoms in total. The van der Waals surface area contributed by atoms with Gasteiger partial charge in [-0.1, -0.05) is 25.1 Å². The minimum absolute atomic E-state index is 0.0275. The average molecular weight is 408 g/mol. The fourth-order valence-corrected chi connectivity index (χ4v) is 4.02. The largest absolute Gasteiger partial charge is 0.413 e. The summed E-state index contributed by atoms with van der Waals surface area (Å²) in [6, 6.07) is 8.30. The summed E-state index contributed by atoms with van der Waals surface area (Å²) in [7, 11) is 0. The summed E-state index contributed by atoms with van der Waals surface area (Å²) in [6.07, 6.45) is -4.17. The van der Waals surface area contributed by atoms with Crippen LogP contribution in [0.1, 0.15) is 19.4 Å². The van der Waals surface area contributed by atoms with Crippen molar-refractivity contribution in [2.75, 3.05) is 36.1 Å². The molecule has 4 rings (SSSR count). The highest BCUT2D eigenvalue weighted by Crippen LogP contribution is 2.47. The number of aromatic nitrogens is 2. The molecule has 1 unspecified atom stereocenters. The number of hydrogen-bond acceptors (Lipinski definition) is 5. The van der Waals surface area contributed by atoms with E-state index >= 15 is 0 Å². The molecule has 0 amide bonds. The molecule has 9 heteroatoms. The summed E-state index contributed by atoms with van der Waals surface area (Å²) in [6.45, 7) is 4.52. The Labute approximate surface area is 166 Å². The van der Waals surface area contributed by atoms with E-state index in [9.17, 15) is 18.0 Å². The summed E-state index contributed by atoms with van der Waals surface area (Å²) in [5, 5.41) is 0. The fraction of sp³-hybridized carbons (Fsp3) is 0.500. The molecule has 0 spiro atoms. The number of para-hydroxylation sites is 1. The first-order chi connectivity index (χ1) is 13.8. The Bertz CT molecular complexity index is 955. The van der Waals surface area contributed by atoms with Crippen molar-refractivity contribution in [1.82, 2.24) is 9.55 Å². The number of ether oxygens (including phenoxy) is 1. The van der Waals surface area contributed by atoms with Gasteiger partial charge in [0.15, 0.2) is 5.54 Å². The van der Waals surface area contributed by atoms with Gasteiger partial charge in [-0.2, -0.15) is 18.2 Å². The number of rotatable bonds is 3. The first kappa shape index (κ1) is 19.8. The third kappa shape index (κ3) is 3.08. The first-order valence-electron chi connectivity index (χ1n) is 9.66. The van der Waals surface area contributed by atoms with E-state index in [0.717, 1.165) is 11.8 Å². The molecule has 156 valence electrons. The Hall–Kier alpha value is -2.55. The van der Waals surface area contributed by atoms with Crippen LogP contribution in [0.25, 0.3) is 0 Å². The van der Waals surface area contributed by atoms with E-state index in [1.165, 1.54) is 4.57 Å². The smallest absolute Gasteiger partial charge is 0.378 e. The topological polar surface area (TPSA) is 50.6 Å². The van der Waals surface area contributed by atoms with Crippen LogP contribution in [0.2, 0.25) is 0 Å². The number of alkyl halides is 3. The third-order valence-electron chi connectivity index (χ3n) is 5.67. The summed E-state index contributed by atoms with van der Waals surface area (Å²) in [5.74, 6) is 0.485. The fourth-order valence-electron chi connectivity index (χ4n) is 4.02. The van der Waals surface area contributed by atoms with Crippen LogP contribution in [0.5, 0.6) is 0 Å². The lowest BCUT2D eigenvalue weighted by molar-refractivity contribution is -0.180. The van der Waals surface area contributed by atoms with Crippen molar-refractivity contribution >= 4 is 17.5 Å². The number of fused-ring (bicyclic) bond motifs is 1. The Balaban J connectivity index is 1.95. The van der Waals surface area contributed by atoms with Gasteiger partial charge in [-0.25, -0.2) is 0 Å². The lowest BCUT2D eigenvalue weighted by Crippen LogP contribution is -2.53. The van der Waals surface area contributed by atoms with E-state index in [-0.39, 0.29) is 5.95 Å². The van der Waals surface area contributed by atoms with Crippen LogP contribution in [0.15, 0.2) is 35.1 Å². The first-order valence-corrected chi connectivity index (χ1v) is 9.66. The minimum Gasteiger partial charge on any atom is -0.378 e. The van der Waals surface area contributed by atoms with Gasteiger partial charge in [-0.15, -0.1) is 0 Å². The average Bonchev–Trinajstić information content (AvgIpc) is 3.03. The highest BCUT2D eigenvalue weighted by molar-refractivity contribution is 5.65. The van der Waals surface area contributed by atoms with Crippen molar-refractivity contribution in [2.24, 2.45) is 0 Å². The monoisotopic (exact) mass is 408 g/mol. The molecule has 1 saturated heterocycles. The molecule has 0 aliphatic carbocycles. The van der Waals surface area contributed by atoms with Crippen LogP contribution in [0.3, 0.4) is 0 Å². The lowest BCUT2D eigenvalue weighted by Gasteiger charge is -2.37. The second kappa shape index (κ2) is 7.05. The summed E-state index contributed by atoms with van der Waals surface area (Å²) < 4.78 is 49.2. The van der Waals surface area contributed by atoms with E-state index in [1.54, 1.807) is 30.3 Å². The van der Waals surface area contributed by atoms with Gasteiger partial charge in [0.1, 0.15) is 5.82 Å². The molecule has 3 heterocycles. The van der Waals surface area contributed by atoms with Crippen LogP contribution in [0, 0.1) is 0 Å². The van der Waals surface area contributed by atoms with Crippen LogP contribution in [-0.4, -0.2) is 47.6 Å². The Morgan fingerprint density at radius 2 is 1.83 bits per heavy atom. The van der Waals surface area contributed by atoms with E-state index in [4.69, 9.17) is 4.74 Å². The van der Waals surface area contributed by atoms with Gasteiger partial charge in [0.25, 0.3) is 5.56 Å². The van der Waals surface area contributed by atoms with Gasteiger partial charge in [0, 0.05) is 18.8 Å². The van der Waals surface area contributed by atoms with Gasteiger partial charge in [0.2, 0.25) is 5.95 Å². The van der Waals surface area contributed by atoms with E-state index < -0.39 is 23.8 Å². The van der Waals surface area contributed by atoms with Crippen LogP contribution >= 0.6 is 0 Å². The highest BCUT2D eigenvalue weighted by atomic mass is 19.4. The van der Waals surface area contributed by atoms with Gasteiger partial charge >= 0.3 is 6.18 Å². The number of benzene rings is 1. The molecular weight excluding hydrogens is 385 g/mol. The zero-order chi connectivity index (χ0) is 20.8. The van der Waals surface area contributed by atoms with Gasteiger partial charge in [0.05, 0.1) is 25.3 Å². The second-order valence-electron chi connectivity index (χ2n) is 7.50. The van der Waals surface area contributed by atoms with Gasteiger partial charge < -0.3 is 9.64 Å². The summed E-state index contributed by atoms with van der Waals surface area (Å²) in [5.41, 5.74) is -1.90. The number of halogens is 3. The molecule has 1 aromatic heterocycles. The summed E-state index contributed by atoms with van der Waals surface area (Å²) >= 11 is 0. The van der Waals surface area contributed by atoms with E-state index in [2.05, 4.69) is 4.98 Å². The zero-order valence-corrected chi connectivity index (χ0v) is 16.4. The second-order valence-corrected chi connectivity index (χ2v) is 7.50. The SMILES string of the molecule is CCc1c(N2CCOCC2)nc2n(c1=O)CC(C)(C(F)(F)F)N2c1ccccc1. The Kier molecular flexibility index (Phi) is 4.80. The van der Waals surface area contributed by atoms with Crippen LogP contribution in [0.4, 0.5) is 30.6 Å². The molecule has 0 saturated carbocycles. The van der Waals surface area contributed by atoms with Crippen molar-refractivity contribution < 1.29 is 17.9 Å². The highest BCUT2D eigenvalue weighted by Gasteiger charge is 2.60. The molecule has 0 radical (unpaired) electrons. The van der Waals surface area contributed by atoms with Crippen LogP contribution < -0.4 is 15.4 Å². The lowest BCUT2D eigenvalue weighted by atomic mass is 10.00. The predicted octanol–water partition coefficient (Wildman–Crippen LogP) is 3.12. The molecule has 0 N–H and O–H groups in total. The Morgan fingerprint density at radius 1 is 1.17 bits per heavy atom. The standard InChI is InChI=1S/C20H23F3N4O2/c1-3-15-16(25-9-11-29-12-10-25)24-18-26(17(15)28)13-19(2,20(21,22)23)27(18)14-7-5-4-6-8-14/h4-8H,3,9-13H2,1-2H3. The third-order valence-corrected chi connectivity index (χ3v) is 5.67. The van der Waals surface area contributed by atoms with Crippen molar-refractivity contribution in [1.29, 1.82) is 0 Å². The maximum Gasteiger partial charge on any atom is 0.413 e. The minimum atomic E-state index is -4.56. The summed E-state index contributed by atoms with van der Waals surface area (Å²) in [4.78, 5) is 20.9. The number of hydrogen-bond donors (Lipinski definition) is 0. The Morgan fingerprint density at radius 3 is 2.41 bits per heavy atom. The van der Waals surface area contributed by atoms with E-state index in [1.807, 2.05) is 11.8 Å². The molecule has 2 aliphatic heterocycles. The number of anilines is 3. The molecule has 1 atom stereocenters. The molecule has 1 fully saturated rings. The van der Waals surface area contributed by atoms with Gasteiger partial charge in [-0.3, -0.25) is 14.3 Å². The molecule has 1 aromatic carbocycles. The molecule has 2 aromatic rings. The molecule has 0 bridgehead atoms. The normalized spacial score (nSPS) is 22.1. The van der Waals surface area contributed by atoms with Crippen molar-refractivity contribution in [3.05, 3.63) is 46.2 Å².